The first-order valence-electron chi connectivity index (χ1n) is 3.08. The quantitative estimate of drug-likeness (QED) is 0.552. The summed E-state index contributed by atoms with van der Waals surface area (Å²) in [6, 6.07) is 4.48. The summed E-state index contributed by atoms with van der Waals surface area (Å²) in [7, 11) is 1.45. The Morgan fingerprint density at radius 3 is 2.58 bits per heavy atom. The van der Waals surface area contributed by atoms with E-state index in [1.807, 2.05) is 0 Å². The van der Waals surface area contributed by atoms with E-state index in [4.69, 9.17) is 10.6 Å². The lowest BCUT2D eigenvalue weighted by molar-refractivity contribution is 0.413. The monoisotopic (exact) mass is 192 g/mol. The zero-order valence-electron chi connectivity index (χ0n) is 6.50. The number of hydrazine groups is 1. The lowest BCUT2D eigenvalue weighted by atomic mass is 10.3. The van der Waals surface area contributed by atoms with Crippen LogP contribution in [0.3, 0.4) is 0 Å². The molecule has 0 unspecified atom stereocenters. The average Bonchev–Trinajstić information content (AvgIpc) is 2.04. The number of ether oxygens (including phenoxy) is 1. The topological polar surface area (TPSA) is 47.3 Å². The van der Waals surface area contributed by atoms with Crippen molar-refractivity contribution in [1.82, 2.24) is 0 Å². The zero-order valence-corrected chi connectivity index (χ0v) is 7.32. The van der Waals surface area contributed by atoms with Crippen molar-refractivity contribution in [3.63, 3.8) is 0 Å². The molecule has 1 aromatic carbocycles. The second-order valence-corrected chi connectivity index (χ2v) is 1.96. The second kappa shape index (κ2) is 4.79. The maximum Gasteiger partial charge on any atom is 0.151 e. The molecule has 0 radical (unpaired) electrons. The first-order valence-corrected chi connectivity index (χ1v) is 3.08. The third kappa shape index (κ3) is 1.99. The molecule has 3 N–H and O–H groups in total. The van der Waals surface area contributed by atoms with Gasteiger partial charge in [-0.05, 0) is 12.1 Å². The number of methoxy groups -OCH3 is 1. The van der Waals surface area contributed by atoms with Crippen molar-refractivity contribution in [1.29, 1.82) is 0 Å². The lowest BCUT2D eigenvalue weighted by Crippen LogP contribution is -2.09. The first kappa shape index (κ1) is 11.0. The summed E-state index contributed by atoms with van der Waals surface area (Å²) in [5.74, 6) is 5.03. The smallest absolute Gasteiger partial charge is 0.151 e. The van der Waals surface area contributed by atoms with Gasteiger partial charge in [-0.2, -0.15) is 0 Å². The SMILES string of the molecule is COc1cccc(F)c1NN.Cl. The molecule has 0 aromatic heterocycles. The minimum Gasteiger partial charge on any atom is -0.494 e. The maximum atomic E-state index is 12.8. The van der Waals surface area contributed by atoms with Gasteiger partial charge in [0, 0.05) is 0 Å². The van der Waals surface area contributed by atoms with Crippen LogP contribution in [-0.2, 0) is 0 Å². The van der Waals surface area contributed by atoms with E-state index in [0.29, 0.717) is 5.75 Å². The highest BCUT2D eigenvalue weighted by molar-refractivity contribution is 5.85. The molecule has 0 heterocycles. The number of nitrogens with one attached hydrogen (secondary N) is 1. The van der Waals surface area contributed by atoms with Crippen LogP contribution in [0.1, 0.15) is 0 Å². The summed E-state index contributed by atoms with van der Waals surface area (Å²) in [4.78, 5) is 0. The average molecular weight is 193 g/mol. The fourth-order valence-electron chi connectivity index (χ4n) is 0.815. The minimum absolute atomic E-state index is 0. The second-order valence-electron chi connectivity index (χ2n) is 1.96. The van der Waals surface area contributed by atoms with Crippen LogP contribution in [0.15, 0.2) is 18.2 Å². The Morgan fingerprint density at radius 1 is 1.50 bits per heavy atom. The van der Waals surface area contributed by atoms with E-state index < -0.39 is 5.82 Å². The summed E-state index contributed by atoms with van der Waals surface area (Å²) < 4.78 is 17.6. The highest BCUT2D eigenvalue weighted by atomic mass is 35.5. The van der Waals surface area contributed by atoms with E-state index in [2.05, 4.69) is 5.43 Å². The summed E-state index contributed by atoms with van der Waals surface area (Å²) >= 11 is 0. The Morgan fingerprint density at radius 2 is 2.17 bits per heavy atom. The standard InChI is InChI=1S/C7H9FN2O.ClH/c1-11-6-4-2-3-5(8)7(6)10-9;/h2-4,10H,9H2,1H3;1H. The lowest BCUT2D eigenvalue weighted by Gasteiger charge is -2.06. The number of hydrogen-bond acceptors (Lipinski definition) is 3. The van der Waals surface area contributed by atoms with Crippen LogP contribution in [0.5, 0.6) is 5.75 Å². The molecular weight excluding hydrogens is 183 g/mol. The van der Waals surface area contributed by atoms with E-state index in [0.717, 1.165) is 0 Å². The van der Waals surface area contributed by atoms with Crippen LogP contribution in [-0.4, -0.2) is 7.11 Å². The summed E-state index contributed by atoms with van der Waals surface area (Å²) in [5.41, 5.74) is 2.39. The third-order valence-electron chi connectivity index (χ3n) is 1.34. The van der Waals surface area contributed by atoms with Crippen LogP contribution >= 0.6 is 12.4 Å². The Balaban J connectivity index is 0.00000121. The third-order valence-corrected chi connectivity index (χ3v) is 1.34. The van der Waals surface area contributed by atoms with Gasteiger partial charge in [-0.3, -0.25) is 5.84 Å². The molecule has 0 fully saturated rings. The molecule has 0 saturated heterocycles. The van der Waals surface area contributed by atoms with E-state index in [9.17, 15) is 4.39 Å². The van der Waals surface area contributed by atoms with Gasteiger partial charge in [0.2, 0.25) is 0 Å². The van der Waals surface area contributed by atoms with Gasteiger partial charge in [0.05, 0.1) is 7.11 Å². The minimum atomic E-state index is -0.424. The number of anilines is 1. The van der Waals surface area contributed by atoms with Gasteiger partial charge in [0.25, 0.3) is 0 Å². The molecule has 3 nitrogen and oxygen atoms in total. The molecule has 0 aliphatic carbocycles. The van der Waals surface area contributed by atoms with Crippen molar-refractivity contribution in [2.24, 2.45) is 5.84 Å². The molecule has 0 aliphatic rings. The van der Waals surface area contributed by atoms with Crippen molar-refractivity contribution in [3.05, 3.63) is 24.0 Å². The van der Waals surface area contributed by atoms with Gasteiger partial charge < -0.3 is 10.2 Å². The highest BCUT2D eigenvalue weighted by Gasteiger charge is 2.05. The number of rotatable bonds is 2. The van der Waals surface area contributed by atoms with Crippen LogP contribution in [0.4, 0.5) is 10.1 Å². The Bertz CT molecular complexity index is 257. The number of halogens is 2. The molecule has 12 heavy (non-hydrogen) atoms. The molecule has 68 valence electrons. The molecule has 0 saturated carbocycles. The first-order chi connectivity index (χ1) is 5.29. The maximum absolute atomic E-state index is 12.8. The normalized spacial score (nSPS) is 8.58. The van der Waals surface area contributed by atoms with Gasteiger partial charge >= 0.3 is 0 Å². The Hall–Kier alpha value is -1.00. The number of benzene rings is 1. The summed E-state index contributed by atoms with van der Waals surface area (Å²) in [6.45, 7) is 0. The Kier molecular flexibility index (Phi) is 4.39. The van der Waals surface area contributed by atoms with Crippen molar-refractivity contribution in [2.45, 2.75) is 0 Å². The van der Waals surface area contributed by atoms with Gasteiger partial charge in [0.15, 0.2) is 5.82 Å². The van der Waals surface area contributed by atoms with Crippen LogP contribution in [0.25, 0.3) is 0 Å². The van der Waals surface area contributed by atoms with E-state index in [-0.39, 0.29) is 18.1 Å². The van der Waals surface area contributed by atoms with E-state index in [1.54, 1.807) is 12.1 Å². The molecule has 1 rings (SSSR count). The molecule has 0 amide bonds. The van der Waals surface area contributed by atoms with Gasteiger partial charge in [-0.15, -0.1) is 12.4 Å². The molecule has 0 atom stereocenters. The fourth-order valence-corrected chi connectivity index (χ4v) is 0.815. The molecule has 1 aromatic rings. The van der Waals surface area contributed by atoms with Crippen LogP contribution in [0.2, 0.25) is 0 Å². The van der Waals surface area contributed by atoms with E-state index >= 15 is 0 Å². The predicted molar refractivity (Wildman–Crippen MR) is 48.0 cm³/mol. The van der Waals surface area contributed by atoms with Gasteiger partial charge in [-0.25, -0.2) is 4.39 Å². The highest BCUT2D eigenvalue weighted by Crippen LogP contribution is 2.25. The number of nitrogen functional groups attached to an aromatic ring is 1. The number of hydrogen-bond donors (Lipinski definition) is 2. The van der Waals surface area contributed by atoms with Crippen LogP contribution in [0, 0.1) is 5.82 Å². The van der Waals surface area contributed by atoms with E-state index in [1.165, 1.54) is 13.2 Å². The molecule has 5 heteroatoms. The number of para-hydroxylation sites is 1. The molecule has 0 aliphatic heterocycles. The summed E-state index contributed by atoms with van der Waals surface area (Å²) in [5, 5.41) is 0. The summed E-state index contributed by atoms with van der Waals surface area (Å²) in [6.07, 6.45) is 0. The number of nitrogens with two attached hydrogens (primary N) is 1. The van der Waals surface area contributed by atoms with Crippen molar-refractivity contribution >= 4 is 18.1 Å². The molecule has 0 bridgehead atoms. The van der Waals surface area contributed by atoms with Crippen molar-refractivity contribution < 1.29 is 9.13 Å². The Labute approximate surface area is 76.1 Å². The zero-order chi connectivity index (χ0) is 8.27. The molecule has 0 spiro atoms. The van der Waals surface area contributed by atoms with Gasteiger partial charge in [0.1, 0.15) is 11.4 Å². The predicted octanol–water partition coefficient (Wildman–Crippen LogP) is 1.54. The fraction of sp³-hybridized carbons (Fsp3) is 0.143. The largest absolute Gasteiger partial charge is 0.494 e. The van der Waals surface area contributed by atoms with Crippen molar-refractivity contribution in [3.8, 4) is 5.75 Å². The van der Waals surface area contributed by atoms with Crippen LogP contribution < -0.4 is 16.0 Å². The van der Waals surface area contributed by atoms with Gasteiger partial charge in [-0.1, -0.05) is 6.07 Å². The van der Waals surface area contributed by atoms with Crippen molar-refractivity contribution in [2.75, 3.05) is 12.5 Å². The molecular formula is C7H10ClFN2O.